The van der Waals surface area contributed by atoms with Crippen LogP contribution >= 0.6 is 11.6 Å². The molecule has 3 rings (SSSR count). The Morgan fingerprint density at radius 2 is 2.15 bits per heavy atom. The molecule has 0 aliphatic carbocycles. The SMILES string of the molecule is Cc1nc(Cn2c(C(C)Cl)nc3c(C)ccnc32)no1. The fraction of sp³-hybridized carbons (Fsp3) is 0.385. The van der Waals surface area contributed by atoms with Crippen molar-refractivity contribution in [3.05, 3.63) is 35.4 Å². The Kier molecular flexibility index (Phi) is 3.17. The first-order valence-corrected chi connectivity index (χ1v) is 6.75. The molecule has 3 aromatic heterocycles. The minimum absolute atomic E-state index is 0.225. The molecule has 0 radical (unpaired) electrons. The highest BCUT2D eigenvalue weighted by molar-refractivity contribution is 6.20. The molecule has 0 N–H and O–H groups in total. The van der Waals surface area contributed by atoms with Crippen LogP contribution in [0.25, 0.3) is 11.2 Å². The van der Waals surface area contributed by atoms with Crippen LogP contribution in [0.1, 0.15) is 35.4 Å². The van der Waals surface area contributed by atoms with Gasteiger partial charge >= 0.3 is 0 Å². The van der Waals surface area contributed by atoms with Gasteiger partial charge in [0.15, 0.2) is 11.5 Å². The lowest BCUT2D eigenvalue weighted by atomic mass is 10.3. The lowest BCUT2D eigenvalue weighted by Gasteiger charge is -2.07. The molecule has 0 fully saturated rings. The molecule has 0 amide bonds. The summed E-state index contributed by atoms with van der Waals surface area (Å²) in [6.45, 7) is 6.09. The standard InChI is InChI=1S/C13H14ClN5O/c1-7-4-5-15-13-11(7)17-12(8(2)14)19(13)6-10-16-9(3)20-18-10/h4-5,8H,6H2,1-3H3. The van der Waals surface area contributed by atoms with Crippen LogP contribution in [0.5, 0.6) is 0 Å². The number of hydrogen-bond acceptors (Lipinski definition) is 5. The summed E-state index contributed by atoms with van der Waals surface area (Å²) in [5.41, 5.74) is 2.71. The molecule has 6 nitrogen and oxygen atoms in total. The third-order valence-corrected chi connectivity index (χ3v) is 3.29. The Bertz CT molecular complexity index is 761. The maximum absolute atomic E-state index is 6.23. The first-order chi connectivity index (χ1) is 9.56. The smallest absolute Gasteiger partial charge is 0.223 e. The number of rotatable bonds is 3. The van der Waals surface area contributed by atoms with Crippen molar-refractivity contribution in [2.75, 3.05) is 0 Å². The van der Waals surface area contributed by atoms with Crippen molar-refractivity contribution in [2.45, 2.75) is 32.7 Å². The summed E-state index contributed by atoms with van der Waals surface area (Å²) in [5.74, 6) is 1.88. The van der Waals surface area contributed by atoms with Gasteiger partial charge in [0.25, 0.3) is 0 Å². The third kappa shape index (κ3) is 2.16. The number of imidazole rings is 1. The van der Waals surface area contributed by atoms with E-state index in [0.29, 0.717) is 18.3 Å². The summed E-state index contributed by atoms with van der Waals surface area (Å²) >= 11 is 6.23. The van der Waals surface area contributed by atoms with Gasteiger partial charge in [-0.25, -0.2) is 9.97 Å². The summed E-state index contributed by atoms with van der Waals surface area (Å²) in [7, 11) is 0. The first-order valence-electron chi connectivity index (χ1n) is 6.31. The summed E-state index contributed by atoms with van der Waals surface area (Å²) in [5, 5.41) is 3.69. The number of hydrogen-bond donors (Lipinski definition) is 0. The van der Waals surface area contributed by atoms with Crippen molar-refractivity contribution < 1.29 is 4.52 Å². The summed E-state index contributed by atoms with van der Waals surface area (Å²) in [6, 6.07) is 1.93. The lowest BCUT2D eigenvalue weighted by molar-refractivity contribution is 0.386. The molecule has 0 bridgehead atoms. The molecular weight excluding hydrogens is 278 g/mol. The van der Waals surface area contributed by atoms with Gasteiger partial charge in [-0.15, -0.1) is 11.6 Å². The number of nitrogens with zero attached hydrogens (tertiary/aromatic N) is 5. The average molecular weight is 292 g/mol. The van der Waals surface area contributed by atoms with Gasteiger partial charge in [0.1, 0.15) is 11.3 Å². The molecular formula is C13H14ClN5O. The monoisotopic (exact) mass is 291 g/mol. The van der Waals surface area contributed by atoms with Crippen LogP contribution in [0, 0.1) is 13.8 Å². The van der Waals surface area contributed by atoms with Crippen molar-refractivity contribution in [1.29, 1.82) is 0 Å². The fourth-order valence-corrected chi connectivity index (χ4v) is 2.33. The van der Waals surface area contributed by atoms with Crippen molar-refractivity contribution in [3.63, 3.8) is 0 Å². The molecule has 104 valence electrons. The molecule has 3 heterocycles. The van der Waals surface area contributed by atoms with E-state index in [0.717, 1.165) is 22.6 Å². The highest BCUT2D eigenvalue weighted by atomic mass is 35.5. The number of aryl methyl sites for hydroxylation is 2. The number of halogens is 1. The molecule has 1 atom stereocenters. The second-order valence-corrected chi connectivity index (χ2v) is 5.36. The van der Waals surface area contributed by atoms with Crippen molar-refractivity contribution in [1.82, 2.24) is 24.7 Å². The zero-order valence-electron chi connectivity index (χ0n) is 11.5. The van der Waals surface area contributed by atoms with Crippen LogP contribution < -0.4 is 0 Å². The fourth-order valence-electron chi connectivity index (χ4n) is 2.16. The Morgan fingerprint density at radius 1 is 1.35 bits per heavy atom. The molecule has 0 spiro atoms. The van der Waals surface area contributed by atoms with E-state index in [4.69, 9.17) is 16.1 Å². The maximum atomic E-state index is 6.23. The molecule has 0 aliphatic heterocycles. The van der Waals surface area contributed by atoms with E-state index in [2.05, 4.69) is 20.1 Å². The van der Waals surface area contributed by atoms with E-state index in [-0.39, 0.29) is 5.38 Å². The molecule has 0 aliphatic rings. The van der Waals surface area contributed by atoms with Gasteiger partial charge < -0.3 is 9.09 Å². The molecule has 0 saturated heterocycles. The van der Waals surface area contributed by atoms with Gasteiger partial charge in [-0.3, -0.25) is 0 Å². The molecule has 3 aromatic rings. The first kappa shape index (κ1) is 13.1. The predicted octanol–water partition coefficient (Wildman–Crippen LogP) is 2.78. The second kappa shape index (κ2) is 4.86. The number of aromatic nitrogens is 5. The maximum Gasteiger partial charge on any atom is 0.223 e. The Hall–Kier alpha value is -1.95. The van der Waals surface area contributed by atoms with Gasteiger partial charge in [-0.2, -0.15) is 4.98 Å². The molecule has 0 aromatic carbocycles. The van der Waals surface area contributed by atoms with Gasteiger partial charge in [0.2, 0.25) is 5.89 Å². The zero-order valence-corrected chi connectivity index (χ0v) is 12.2. The van der Waals surface area contributed by atoms with Crippen LogP contribution in [0.3, 0.4) is 0 Å². The third-order valence-electron chi connectivity index (χ3n) is 3.09. The molecule has 0 saturated carbocycles. The number of alkyl halides is 1. The predicted molar refractivity (Wildman–Crippen MR) is 74.7 cm³/mol. The van der Waals surface area contributed by atoms with E-state index in [1.54, 1.807) is 13.1 Å². The summed E-state index contributed by atoms with van der Waals surface area (Å²) < 4.78 is 6.94. The highest BCUT2D eigenvalue weighted by Gasteiger charge is 2.18. The van der Waals surface area contributed by atoms with Crippen molar-refractivity contribution >= 4 is 22.8 Å². The highest BCUT2D eigenvalue weighted by Crippen LogP contribution is 2.25. The molecule has 1 unspecified atom stereocenters. The van der Waals surface area contributed by atoms with E-state index in [1.807, 2.05) is 24.5 Å². The second-order valence-electron chi connectivity index (χ2n) is 4.70. The van der Waals surface area contributed by atoms with Crippen LogP contribution in [-0.4, -0.2) is 24.7 Å². The van der Waals surface area contributed by atoms with Gasteiger partial charge in [0.05, 0.1) is 11.9 Å². The normalized spacial score (nSPS) is 13.0. The van der Waals surface area contributed by atoms with Gasteiger partial charge in [-0.05, 0) is 25.5 Å². The topological polar surface area (TPSA) is 69.6 Å². The van der Waals surface area contributed by atoms with Crippen LogP contribution in [0.2, 0.25) is 0 Å². The van der Waals surface area contributed by atoms with E-state index < -0.39 is 0 Å². The van der Waals surface area contributed by atoms with E-state index in [1.165, 1.54) is 0 Å². The van der Waals surface area contributed by atoms with Crippen molar-refractivity contribution in [2.24, 2.45) is 0 Å². The minimum atomic E-state index is -0.225. The van der Waals surface area contributed by atoms with Crippen molar-refractivity contribution in [3.8, 4) is 0 Å². The Labute approximate surface area is 120 Å². The van der Waals surface area contributed by atoms with Crippen LogP contribution in [0.4, 0.5) is 0 Å². The zero-order chi connectivity index (χ0) is 14.3. The molecule has 20 heavy (non-hydrogen) atoms. The number of fused-ring (bicyclic) bond motifs is 1. The van der Waals surface area contributed by atoms with Crippen LogP contribution in [0.15, 0.2) is 16.8 Å². The Balaban J connectivity index is 2.16. The van der Waals surface area contributed by atoms with Crippen LogP contribution in [-0.2, 0) is 6.54 Å². The largest absolute Gasteiger partial charge is 0.340 e. The van der Waals surface area contributed by atoms with Gasteiger partial charge in [-0.1, -0.05) is 5.16 Å². The summed E-state index contributed by atoms with van der Waals surface area (Å²) in [4.78, 5) is 13.2. The minimum Gasteiger partial charge on any atom is -0.340 e. The quantitative estimate of drug-likeness (QED) is 0.694. The lowest BCUT2D eigenvalue weighted by Crippen LogP contribution is -2.07. The number of pyridine rings is 1. The average Bonchev–Trinajstić information content (AvgIpc) is 2.96. The van der Waals surface area contributed by atoms with E-state index in [9.17, 15) is 0 Å². The van der Waals surface area contributed by atoms with E-state index >= 15 is 0 Å². The summed E-state index contributed by atoms with van der Waals surface area (Å²) in [6.07, 6.45) is 1.76. The Morgan fingerprint density at radius 3 is 2.80 bits per heavy atom. The van der Waals surface area contributed by atoms with Gasteiger partial charge in [0, 0.05) is 13.1 Å². The molecule has 7 heteroatoms.